The standard InChI is InChI=1S/C10H12O2S/c1-12-10(11)8-6-13-9-5-3-2-4-7(8)9/h6H,2-5H2,1H3. The van der Waals surface area contributed by atoms with E-state index in [1.54, 1.807) is 11.3 Å². The molecule has 0 spiro atoms. The summed E-state index contributed by atoms with van der Waals surface area (Å²) in [6, 6.07) is 0. The van der Waals surface area contributed by atoms with Crippen molar-refractivity contribution in [2.75, 3.05) is 7.11 Å². The van der Waals surface area contributed by atoms with E-state index in [1.807, 2.05) is 5.38 Å². The van der Waals surface area contributed by atoms with Gasteiger partial charge >= 0.3 is 5.97 Å². The zero-order valence-corrected chi connectivity index (χ0v) is 8.45. The second kappa shape index (κ2) is 3.50. The monoisotopic (exact) mass is 196 g/mol. The topological polar surface area (TPSA) is 26.3 Å². The van der Waals surface area contributed by atoms with Crippen molar-refractivity contribution >= 4 is 17.3 Å². The lowest BCUT2D eigenvalue weighted by molar-refractivity contribution is 0.0600. The molecule has 1 aromatic rings. The molecule has 0 unspecified atom stereocenters. The van der Waals surface area contributed by atoms with Crippen LogP contribution in [0.2, 0.25) is 0 Å². The Labute approximate surface area is 81.5 Å². The number of carbonyl (C=O) groups is 1. The van der Waals surface area contributed by atoms with Crippen molar-refractivity contribution in [1.82, 2.24) is 0 Å². The van der Waals surface area contributed by atoms with Gasteiger partial charge in [0, 0.05) is 10.3 Å². The van der Waals surface area contributed by atoms with Crippen molar-refractivity contribution < 1.29 is 9.53 Å². The Morgan fingerprint density at radius 2 is 2.23 bits per heavy atom. The predicted octanol–water partition coefficient (Wildman–Crippen LogP) is 2.41. The van der Waals surface area contributed by atoms with Crippen LogP contribution in [0.15, 0.2) is 5.38 Å². The molecule has 0 N–H and O–H groups in total. The Morgan fingerprint density at radius 3 is 3.00 bits per heavy atom. The molecule has 0 aliphatic heterocycles. The average molecular weight is 196 g/mol. The van der Waals surface area contributed by atoms with Crippen LogP contribution in [-0.2, 0) is 17.6 Å². The van der Waals surface area contributed by atoms with Crippen LogP contribution in [0.4, 0.5) is 0 Å². The lowest BCUT2D eigenvalue weighted by Gasteiger charge is -2.11. The lowest BCUT2D eigenvalue weighted by atomic mass is 9.96. The predicted molar refractivity (Wildman–Crippen MR) is 52.3 cm³/mol. The third-order valence-corrected chi connectivity index (χ3v) is 3.56. The summed E-state index contributed by atoms with van der Waals surface area (Å²) in [5.74, 6) is -0.181. The minimum atomic E-state index is -0.181. The zero-order chi connectivity index (χ0) is 9.26. The minimum Gasteiger partial charge on any atom is -0.465 e. The van der Waals surface area contributed by atoms with Gasteiger partial charge < -0.3 is 4.74 Å². The molecule has 0 saturated heterocycles. The van der Waals surface area contributed by atoms with E-state index in [0.717, 1.165) is 18.4 Å². The molecule has 0 saturated carbocycles. The van der Waals surface area contributed by atoms with Gasteiger partial charge in [-0.3, -0.25) is 0 Å². The van der Waals surface area contributed by atoms with Gasteiger partial charge in [-0.15, -0.1) is 11.3 Å². The Balaban J connectivity index is 2.36. The summed E-state index contributed by atoms with van der Waals surface area (Å²) in [7, 11) is 1.44. The maximum Gasteiger partial charge on any atom is 0.338 e. The van der Waals surface area contributed by atoms with Gasteiger partial charge in [0.2, 0.25) is 0 Å². The summed E-state index contributed by atoms with van der Waals surface area (Å²) in [4.78, 5) is 12.7. The largest absolute Gasteiger partial charge is 0.465 e. The van der Waals surface area contributed by atoms with E-state index in [4.69, 9.17) is 4.74 Å². The SMILES string of the molecule is COC(=O)c1csc2c1CCCC2. The van der Waals surface area contributed by atoms with Crippen LogP contribution in [0.1, 0.15) is 33.6 Å². The molecule has 1 heterocycles. The average Bonchev–Trinajstić information content (AvgIpc) is 2.60. The van der Waals surface area contributed by atoms with Gasteiger partial charge in [-0.05, 0) is 31.2 Å². The smallest absolute Gasteiger partial charge is 0.338 e. The molecule has 2 nitrogen and oxygen atoms in total. The summed E-state index contributed by atoms with van der Waals surface area (Å²) < 4.78 is 4.73. The number of rotatable bonds is 1. The molecular formula is C10H12O2S. The highest BCUT2D eigenvalue weighted by Crippen LogP contribution is 2.30. The second-order valence-electron chi connectivity index (χ2n) is 3.25. The van der Waals surface area contributed by atoms with Gasteiger partial charge in [0.15, 0.2) is 0 Å². The molecular weight excluding hydrogens is 184 g/mol. The van der Waals surface area contributed by atoms with Crippen LogP contribution >= 0.6 is 11.3 Å². The van der Waals surface area contributed by atoms with Crippen LogP contribution in [0.25, 0.3) is 0 Å². The molecule has 3 heteroatoms. The van der Waals surface area contributed by atoms with Crippen molar-refractivity contribution in [1.29, 1.82) is 0 Å². The van der Waals surface area contributed by atoms with Gasteiger partial charge in [-0.1, -0.05) is 0 Å². The van der Waals surface area contributed by atoms with Crippen LogP contribution in [0.3, 0.4) is 0 Å². The van der Waals surface area contributed by atoms with Crippen molar-refractivity contribution in [2.45, 2.75) is 25.7 Å². The molecule has 0 amide bonds. The summed E-state index contributed by atoms with van der Waals surface area (Å²) >= 11 is 1.69. The van der Waals surface area contributed by atoms with Crippen molar-refractivity contribution in [3.63, 3.8) is 0 Å². The van der Waals surface area contributed by atoms with E-state index in [9.17, 15) is 4.79 Å². The highest BCUT2D eigenvalue weighted by Gasteiger charge is 2.19. The molecule has 1 aromatic heterocycles. The Bertz CT molecular complexity index is 328. The number of aryl methyl sites for hydroxylation is 1. The first kappa shape index (κ1) is 8.75. The number of methoxy groups -OCH3 is 1. The minimum absolute atomic E-state index is 0.181. The number of carbonyl (C=O) groups excluding carboxylic acids is 1. The first-order chi connectivity index (χ1) is 6.33. The van der Waals surface area contributed by atoms with Crippen molar-refractivity contribution in [3.8, 4) is 0 Å². The molecule has 0 radical (unpaired) electrons. The molecule has 0 bridgehead atoms. The lowest BCUT2D eigenvalue weighted by Crippen LogP contribution is -2.07. The third kappa shape index (κ3) is 1.48. The molecule has 13 heavy (non-hydrogen) atoms. The highest BCUT2D eigenvalue weighted by molar-refractivity contribution is 7.10. The molecule has 70 valence electrons. The van der Waals surface area contributed by atoms with Gasteiger partial charge in [0.25, 0.3) is 0 Å². The first-order valence-corrected chi connectivity index (χ1v) is 5.38. The Hall–Kier alpha value is -0.830. The number of hydrogen-bond donors (Lipinski definition) is 0. The van der Waals surface area contributed by atoms with Crippen LogP contribution in [0, 0.1) is 0 Å². The fourth-order valence-electron chi connectivity index (χ4n) is 1.78. The van der Waals surface area contributed by atoms with Gasteiger partial charge in [-0.25, -0.2) is 4.79 Å². The fraction of sp³-hybridized carbons (Fsp3) is 0.500. The number of esters is 1. The summed E-state index contributed by atoms with van der Waals surface area (Å²) in [5.41, 5.74) is 2.03. The van der Waals surface area contributed by atoms with Crippen molar-refractivity contribution in [3.05, 3.63) is 21.4 Å². The van der Waals surface area contributed by atoms with E-state index in [1.165, 1.54) is 30.4 Å². The van der Waals surface area contributed by atoms with E-state index < -0.39 is 0 Å². The quantitative estimate of drug-likeness (QED) is 0.645. The summed E-state index contributed by atoms with van der Waals surface area (Å²) in [6.07, 6.45) is 4.64. The van der Waals surface area contributed by atoms with E-state index in [-0.39, 0.29) is 5.97 Å². The van der Waals surface area contributed by atoms with Gasteiger partial charge in [0.1, 0.15) is 0 Å². The molecule has 1 aliphatic rings. The first-order valence-electron chi connectivity index (χ1n) is 4.50. The van der Waals surface area contributed by atoms with E-state index in [2.05, 4.69) is 0 Å². The normalized spacial score (nSPS) is 15.2. The number of ether oxygens (including phenoxy) is 1. The fourth-order valence-corrected chi connectivity index (χ4v) is 2.89. The maximum absolute atomic E-state index is 11.3. The Morgan fingerprint density at radius 1 is 1.46 bits per heavy atom. The number of fused-ring (bicyclic) bond motifs is 1. The molecule has 0 fully saturated rings. The molecule has 0 aromatic carbocycles. The van der Waals surface area contributed by atoms with Gasteiger partial charge in [0.05, 0.1) is 12.7 Å². The maximum atomic E-state index is 11.3. The van der Waals surface area contributed by atoms with Gasteiger partial charge in [-0.2, -0.15) is 0 Å². The Kier molecular flexibility index (Phi) is 2.36. The zero-order valence-electron chi connectivity index (χ0n) is 7.63. The number of thiophene rings is 1. The molecule has 0 atom stereocenters. The summed E-state index contributed by atoms with van der Waals surface area (Å²) in [6.45, 7) is 0. The van der Waals surface area contributed by atoms with E-state index >= 15 is 0 Å². The second-order valence-corrected chi connectivity index (χ2v) is 4.21. The third-order valence-electron chi connectivity index (χ3n) is 2.47. The molecule has 1 aliphatic carbocycles. The van der Waals surface area contributed by atoms with Crippen LogP contribution < -0.4 is 0 Å². The van der Waals surface area contributed by atoms with Crippen molar-refractivity contribution in [2.24, 2.45) is 0 Å². The molecule has 2 rings (SSSR count). The van der Waals surface area contributed by atoms with Crippen LogP contribution in [-0.4, -0.2) is 13.1 Å². The van der Waals surface area contributed by atoms with E-state index in [0.29, 0.717) is 0 Å². The highest BCUT2D eigenvalue weighted by atomic mass is 32.1. The van der Waals surface area contributed by atoms with Crippen LogP contribution in [0.5, 0.6) is 0 Å². The summed E-state index contributed by atoms with van der Waals surface area (Å²) in [5, 5.41) is 1.93. The number of hydrogen-bond acceptors (Lipinski definition) is 3.